The van der Waals surface area contributed by atoms with E-state index in [0.717, 1.165) is 39.1 Å². The summed E-state index contributed by atoms with van der Waals surface area (Å²) in [5, 5.41) is 0. The number of carbonyl (C=O) groups excluding carboxylic acids is 1. The van der Waals surface area contributed by atoms with E-state index in [0.29, 0.717) is 30.3 Å². The van der Waals surface area contributed by atoms with Crippen molar-refractivity contribution in [1.29, 1.82) is 0 Å². The van der Waals surface area contributed by atoms with Crippen molar-refractivity contribution in [2.24, 2.45) is 0 Å². The van der Waals surface area contributed by atoms with E-state index >= 15 is 0 Å². The van der Waals surface area contributed by atoms with Gasteiger partial charge in [-0.2, -0.15) is 0 Å². The molecule has 0 unspecified atom stereocenters. The average Bonchev–Trinajstić information content (AvgIpc) is 2.74. The van der Waals surface area contributed by atoms with Crippen LogP contribution in [0.2, 0.25) is 0 Å². The standard InChI is InChI=1S/C22H29N3O3/c1-3-15-28-20-6-5-19(16-21(20)27-4-2)22(26)25-13-11-24(12-14-25)17-18-7-9-23-10-8-18/h5-10,16H,3-4,11-15,17H2,1-2H3. The highest BCUT2D eigenvalue weighted by Crippen LogP contribution is 2.29. The fraction of sp³-hybridized carbons (Fsp3) is 0.455. The van der Waals surface area contributed by atoms with Crippen LogP contribution in [0.5, 0.6) is 11.5 Å². The Bertz CT molecular complexity index is 759. The maximum absolute atomic E-state index is 12.9. The van der Waals surface area contributed by atoms with Crippen LogP contribution in [0.15, 0.2) is 42.7 Å². The number of hydrogen-bond donors (Lipinski definition) is 0. The van der Waals surface area contributed by atoms with E-state index in [1.165, 1.54) is 5.56 Å². The molecule has 1 amide bonds. The first-order valence-electron chi connectivity index (χ1n) is 10.0. The molecule has 1 fully saturated rings. The topological polar surface area (TPSA) is 54.9 Å². The SMILES string of the molecule is CCCOc1ccc(C(=O)N2CCN(Cc3ccncc3)CC2)cc1OCC. The Kier molecular flexibility index (Phi) is 7.25. The van der Waals surface area contributed by atoms with E-state index < -0.39 is 0 Å². The molecule has 0 spiro atoms. The minimum atomic E-state index is 0.0477. The van der Waals surface area contributed by atoms with Gasteiger partial charge >= 0.3 is 0 Å². The van der Waals surface area contributed by atoms with E-state index in [-0.39, 0.29) is 5.91 Å². The Hall–Kier alpha value is -2.60. The molecule has 1 aliphatic heterocycles. The maximum Gasteiger partial charge on any atom is 0.254 e. The third-order valence-electron chi connectivity index (χ3n) is 4.77. The summed E-state index contributed by atoms with van der Waals surface area (Å²) >= 11 is 0. The lowest BCUT2D eigenvalue weighted by molar-refractivity contribution is 0.0628. The van der Waals surface area contributed by atoms with Gasteiger partial charge in [-0.3, -0.25) is 14.7 Å². The number of hydrogen-bond acceptors (Lipinski definition) is 5. The smallest absolute Gasteiger partial charge is 0.254 e. The molecule has 6 nitrogen and oxygen atoms in total. The van der Waals surface area contributed by atoms with Crippen LogP contribution in [0.4, 0.5) is 0 Å². The average molecular weight is 383 g/mol. The molecule has 2 heterocycles. The first-order valence-corrected chi connectivity index (χ1v) is 10.0. The number of amides is 1. The molecule has 150 valence electrons. The molecule has 0 aliphatic carbocycles. The van der Waals surface area contributed by atoms with Gasteiger partial charge in [-0.25, -0.2) is 0 Å². The Labute approximate surface area is 167 Å². The number of benzene rings is 1. The molecule has 3 rings (SSSR count). The van der Waals surface area contributed by atoms with Crippen molar-refractivity contribution in [2.45, 2.75) is 26.8 Å². The van der Waals surface area contributed by atoms with Crippen molar-refractivity contribution in [3.63, 3.8) is 0 Å². The maximum atomic E-state index is 12.9. The Morgan fingerprint density at radius 2 is 1.75 bits per heavy atom. The largest absolute Gasteiger partial charge is 0.490 e. The Morgan fingerprint density at radius 3 is 2.43 bits per heavy atom. The van der Waals surface area contributed by atoms with Crippen LogP contribution in [-0.2, 0) is 6.54 Å². The lowest BCUT2D eigenvalue weighted by Gasteiger charge is -2.34. The van der Waals surface area contributed by atoms with Crippen molar-refractivity contribution in [2.75, 3.05) is 39.4 Å². The van der Waals surface area contributed by atoms with Gasteiger partial charge in [0.25, 0.3) is 5.91 Å². The van der Waals surface area contributed by atoms with Gasteiger partial charge in [0.1, 0.15) is 0 Å². The number of rotatable bonds is 8. The number of pyridine rings is 1. The molecule has 0 radical (unpaired) electrons. The molecule has 6 heteroatoms. The van der Waals surface area contributed by atoms with Gasteiger partial charge in [0.15, 0.2) is 11.5 Å². The van der Waals surface area contributed by atoms with Gasteiger partial charge in [-0.1, -0.05) is 6.92 Å². The van der Waals surface area contributed by atoms with Crippen molar-refractivity contribution >= 4 is 5.91 Å². The summed E-state index contributed by atoms with van der Waals surface area (Å²) in [7, 11) is 0. The Morgan fingerprint density at radius 1 is 1.00 bits per heavy atom. The summed E-state index contributed by atoms with van der Waals surface area (Å²) in [5.41, 5.74) is 1.90. The molecule has 1 aromatic carbocycles. The molecule has 0 atom stereocenters. The first-order chi connectivity index (χ1) is 13.7. The van der Waals surface area contributed by atoms with Crippen LogP contribution < -0.4 is 9.47 Å². The van der Waals surface area contributed by atoms with Crippen molar-refractivity contribution in [1.82, 2.24) is 14.8 Å². The van der Waals surface area contributed by atoms with Gasteiger partial charge in [0, 0.05) is 50.7 Å². The van der Waals surface area contributed by atoms with Crippen molar-refractivity contribution in [3.05, 3.63) is 53.9 Å². The third kappa shape index (κ3) is 5.23. The molecule has 1 aliphatic rings. The molecule has 1 saturated heterocycles. The summed E-state index contributed by atoms with van der Waals surface area (Å²) in [6, 6.07) is 9.55. The Balaban J connectivity index is 1.60. The van der Waals surface area contributed by atoms with Crippen LogP contribution >= 0.6 is 0 Å². The highest BCUT2D eigenvalue weighted by molar-refractivity contribution is 5.95. The quantitative estimate of drug-likeness (QED) is 0.701. The summed E-state index contributed by atoms with van der Waals surface area (Å²) in [4.78, 5) is 21.3. The molecule has 0 saturated carbocycles. The van der Waals surface area contributed by atoms with Crippen LogP contribution in [0.3, 0.4) is 0 Å². The lowest BCUT2D eigenvalue weighted by Crippen LogP contribution is -2.48. The van der Waals surface area contributed by atoms with Gasteiger partial charge in [-0.05, 0) is 49.2 Å². The summed E-state index contributed by atoms with van der Waals surface area (Å²) in [6.45, 7) is 9.23. The van der Waals surface area contributed by atoms with Gasteiger partial charge in [0.2, 0.25) is 0 Å². The minimum Gasteiger partial charge on any atom is -0.490 e. The second-order valence-corrected chi connectivity index (χ2v) is 6.87. The summed E-state index contributed by atoms with van der Waals surface area (Å²) < 4.78 is 11.4. The molecular formula is C22H29N3O3. The van der Waals surface area contributed by atoms with Crippen LogP contribution in [0.25, 0.3) is 0 Å². The van der Waals surface area contributed by atoms with E-state index in [9.17, 15) is 4.79 Å². The van der Waals surface area contributed by atoms with E-state index in [4.69, 9.17) is 9.47 Å². The first kappa shape index (κ1) is 20.1. The molecule has 28 heavy (non-hydrogen) atoms. The summed E-state index contributed by atoms with van der Waals surface area (Å²) in [5.74, 6) is 1.38. The predicted molar refractivity (Wildman–Crippen MR) is 109 cm³/mol. The monoisotopic (exact) mass is 383 g/mol. The second-order valence-electron chi connectivity index (χ2n) is 6.87. The molecule has 2 aromatic rings. The van der Waals surface area contributed by atoms with E-state index in [1.807, 2.05) is 48.5 Å². The number of aromatic nitrogens is 1. The summed E-state index contributed by atoms with van der Waals surface area (Å²) in [6.07, 6.45) is 4.56. The predicted octanol–water partition coefficient (Wildman–Crippen LogP) is 3.23. The number of piperazine rings is 1. The highest BCUT2D eigenvalue weighted by Gasteiger charge is 2.23. The minimum absolute atomic E-state index is 0.0477. The number of carbonyl (C=O) groups is 1. The van der Waals surface area contributed by atoms with E-state index in [2.05, 4.69) is 16.8 Å². The third-order valence-corrected chi connectivity index (χ3v) is 4.77. The molecule has 0 bridgehead atoms. The van der Waals surface area contributed by atoms with Crippen LogP contribution in [-0.4, -0.2) is 60.1 Å². The molecule has 1 aromatic heterocycles. The molecular weight excluding hydrogens is 354 g/mol. The zero-order valence-corrected chi connectivity index (χ0v) is 16.8. The van der Waals surface area contributed by atoms with Crippen LogP contribution in [0, 0.1) is 0 Å². The fourth-order valence-electron chi connectivity index (χ4n) is 3.28. The molecule has 0 N–H and O–H groups in total. The van der Waals surface area contributed by atoms with Gasteiger partial charge < -0.3 is 14.4 Å². The lowest BCUT2D eigenvalue weighted by atomic mass is 10.1. The zero-order valence-electron chi connectivity index (χ0n) is 16.8. The zero-order chi connectivity index (χ0) is 19.8. The number of nitrogens with zero attached hydrogens (tertiary/aromatic N) is 3. The normalized spacial score (nSPS) is 14.7. The fourth-order valence-corrected chi connectivity index (χ4v) is 3.28. The van der Waals surface area contributed by atoms with E-state index in [1.54, 1.807) is 6.07 Å². The van der Waals surface area contributed by atoms with Gasteiger partial charge in [-0.15, -0.1) is 0 Å². The van der Waals surface area contributed by atoms with Crippen LogP contribution in [0.1, 0.15) is 36.2 Å². The highest BCUT2D eigenvalue weighted by atomic mass is 16.5. The van der Waals surface area contributed by atoms with Gasteiger partial charge in [0.05, 0.1) is 13.2 Å². The second kappa shape index (κ2) is 10.1. The van der Waals surface area contributed by atoms with Crippen molar-refractivity contribution in [3.8, 4) is 11.5 Å². The number of ether oxygens (including phenoxy) is 2. The van der Waals surface area contributed by atoms with Crippen molar-refractivity contribution < 1.29 is 14.3 Å².